The molecule has 0 heterocycles. The summed E-state index contributed by atoms with van der Waals surface area (Å²) in [6.07, 6.45) is 5.84. The molecule has 0 bridgehead atoms. The molecule has 20 heteroatoms. The number of guanidine groups is 1. The van der Waals surface area contributed by atoms with Crippen LogP contribution >= 0.6 is 0 Å². The third-order valence-electron chi connectivity index (χ3n) is 10.7. The van der Waals surface area contributed by atoms with Crippen molar-refractivity contribution in [2.75, 3.05) is 13.1 Å². The Hall–Kier alpha value is -5.79. The van der Waals surface area contributed by atoms with E-state index in [4.69, 9.17) is 22.9 Å². The molecule has 0 aromatic heterocycles. The Morgan fingerprint density at radius 3 is 1.71 bits per heavy atom. The summed E-state index contributed by atoms with van der Waals surface area (Å²) in [6, 6.07) is 1.57. The van der Waals surface area contributed by atoms with Gasteiger partial charge in [0, 0.05) is 26.3 Å². The van der Waals surface area contributed by atoms with Crippen molar-refractivity contribution in [2.45, 2.75) is 153 Å². The Morgan fingerprint density at radius 2 is 1.17 bits per heavy atom. The monoisotopic (exact) mass is 886 g/mol. The molecule has 352 valence electrons. The van der Waals surface area contributed by atoms with E-state index in [1.165, 1.54) is 6.92 Å². The fraction of sp³-hybridized carbons (Fsp3) is 0.651. The molecule has 0 radical (unpaired) electrons. The summed E-state index contributed by atoms with van der Waals surface area (Å²) in [6.45, 7) is 5.41. The van der Waals surface area contributed by atoms with Crippen LogP contribution in [0.15, 0.2) is 35.3 Å². The van der Waals surface area contributed by atoms with E-state index in [0.717, 1.165) is 32.1 Å². The van der Waals surface area contributed by atoms with Gasteiger partial charge in [-0.1, -0.05) is 76.3 Å². The Bertz CT molecular complexity index is 1680. The van der Waals surface area contributed by atoms with E-state index in [2.05, 4.69) is 36.9 Å². The molecule has 20 nitrogen and oxygen atoms in total. The Labute approximate surface area is 370 Å². The zero-order chi connectivity index (χ0) is 46.9. The molecular formula is C43H71N11O9. The first-order valence-electron chi connectivity index (χ1n) is 22.0. The topological polar surface area (TPSA) is 345 Å². The maximum atomic E-state index is 14.3. The smallest absolute Gasteiger partial charge is 0.326 e. The number of primary amides is 1. The second kappa shape index (κ2) is 28.7. The lowest BCUT2D eigenvalue weighted by Gasteiger charge is -2.30. The van der Waals surface area contributed by atoms with Crippen LogP contribution in [-0.2, 0) is 44.8 Å². The van der Waals surface area contributed by atoms with Crippen LogP contribution in [0.25, 0.3) is 0 Å². The van der Waals surface area contributed by atoms with Crippen LogP contribution in [0.4, 0.5) is 0 Å². The Kier molecular flexibility index (Phi) is 24.3. The first-order valence-corrected chi connectivity index (χ1v) is 22.0. The number of nitrogens with zero attached hydrogens (tertiary/aromatic N) is 1. The van der Waals surface area contributed by atoms with Gasteiger partial charge >= 0.3 is 5.97 Å². The van der Waals surface area contributed by atoms with Crippen LogP contribution in [0.1, 0.15) is 116 Å². The third-order valence-corrected chi connectivity index (χ3v) is 10.7. The minimum absolute atomic E-state index is 0.0137. The van der Waals surface area contributed by atoms with Gasteiger partial charge in [0.2, 0.25) is 41.4 Å². The number of nitrogens with one attached hydrogen (secondary N) is 6. The van der Waals surface area contributed by atoms with E-state index in [0.29, 0.717) is 31.4 Å². The number of hydrogen-bond donors (Lipinski definition) is 11. The summed E-state index contributed by atoms with van der Waals surface area (Å²) in [7, 11) is 0. The molecule has 63 heavy (non-hydrogen) atoms. The second-order valence-corrected chi connectivity index (χ2v) is 16.7. The molecule has 1 unspecified atom stereocenters. The third kappa shape index (κ3) is 21.7. The van der Waals surface area contributed by atoms with Gasteiger partial charge in [-0.2, -0.15) is 0 Å². The molecule has 1 aliphatic rings. The standard InChI is InChI=1S/C43H71N11O9/c1-26(2)23-33(40(60)54-35(42(62)63)25-29-15-8-5-9-16-29)52-38(58)31(17-10-11-21-44)50-41(61)34(24-28-13-6-4-7-14-28)53-39(59)32(19-20-36(45)56)51-37(57)30(49-27(3)55)18-12-22-48-43(46)47/h5,8-9,15-16,26,28,30-35H,4,6-7,10-14,17-25,44H2,1-3H3,(H2,45,56)(H,49,55)(H,50,61)(H,51,57)(H,52,58)(H,53,59)(H,54,60)(H,62,63)(H4,46,47,48)/t30-,31-,32-,33-,34-,35?/m0/s1. The van der Waals surface area contributed by atoms with Crippen molar-refractivity contribution in [3.05, 3.63) is 35.9 Å². The van der Waals surface area contributed by atoms with Crippen LogP contribution in [0.5, 0.6) is 0 Å². The summed E-state index contributed by atoms with van der Waals surface area (Å²) in [4.78, 5) is 110. The molecule has 2 rings (SSSR count). The fourth-order valence-corrected chi connectivity index (χ4v) is 7.44. The van der Waals surface area contributed by atoms with Crippen molar-refractivity contribution in [2.24, 2.45) is 39.8 Å². The molecule has 1 aromatic rings. The highest BCUT2D eigenvalue weighted by Crippen LogP contribution is 2.27. The first kappa shape index (κ1) is 53.3. The van der Waals surface area contributed by atoms with Gasteiger partial charge in [0.15, 0.2) is 5.96 Å². The van der Waals surface area contributed by atoms with Crippen molar-refractivity contribution in [3.63, 3.8) is 0 Å². The number of aliphatic imine (C=N–C) groups is 1. The highest BCUT2D eigenvalue weighted by Gasteiger charge is 2.35. The minimum Gasteiger partial charge on any atom is -0.480 e. The van der Waals surface area contributed by atoms with E-state index in [1.54, 1.807) is 30.3 Å². The molecule has 0 aliphatic heterocycles. The molecule has 6 atom stereocenters. The number of hydrogen-bond acceptors (Lipinski definition) is 10. The van der Waals surface area contributed by atoms with Crippen molar-refractivity contribution >= 4 is 53.3 Å². The van der Waals surface area contributed by atoms with Gasteiger partial charge in [-0.3, -0.25) is 38.6 Å². The number of benzene rings is 1. The molecule has 1 aromatic carbocycles. The average molecular weight is 886 g/mol. The van der Waals surface area contributed by atoms with E-state index >= 15 is 0 Å². The molecule has 15 N–H and O–H groups in total. The summed E-state index contributed by atoms with van der Waals surface area (Å²) < 4.78 is 0. The number of carboxylic acids is 1. The van der Waals surface area contributed by atoms with Gasteiger partial charge in [-0.15, -0.1) is 0 Å². The van der Waals surface area contributed by atoms with Crippen molar-refractivity contribution in [1.82, 2.24) is 31.9 Å². The van der Waals surface area contributed by atoms with Crippen molar-refractivity contribution in [3.8, 4) is 0 Å². The zero-order valence-corrected chi connectivity index (χ0v) is 37.0. The summed E-state index contributed by atoms with van der Waals surface area (Å²) in [5, 5.41) is 26.0. The molecule has 1 aliphatic carbocycles. The van der Waals surface area contributed by atoms with Crippen LogP contribution in [0, 0.1) is 11.8 Å². The first-order chi connectivity index (χ1) is 29.9. The number of amides is 7. The largest absolute Gasteiger partial charge is 0.480 e. The van der Waals surface area contributed by atoms with Crippen LogP contribution in [0.3, 0.4) is 0 Å². The van der Waals surface area contributed by atoms with Gasteiger partial charge in [0.05, 0.1) is 0 Å². The SMILES string of the molecule is CC(=O)N[C@@H](CCCN=C(N)N)C(=O)N[C@@H](CCC(N)=O)C(=O)N[C@@H](CC1CCCCC1)C(=O)N[C@@H](CCCCN)C(=O)N[C@@H](CC(C)C)C(=O)NC(Cc1ccccc1)C(=O)O. The fourth-order valence-electron chi connectivity index (χ4n) is 7.44. The zero-order valence-electron chi connectivity index (χ0n) is 37.0. The van der Waals surface area contributed by atoms with Crippen molar-refractivity contribution in [1.29, 1.82) is 0 Å². The van der Waals surface area contributed by atoms with Crippen molar-refractivity contribution < 1.29 is 43.5 Å². The second-order valence-electron chi connectivity index (χ2n) is 16.7. The predicted octanol–water partition coefficient (Wildman–Crippen LogP) is -0.293. The maximum absolute atomic E-state index is 14.3. The van der Waals surface area contributed by atoms with Crippen LogP contribution < -0.4 is 54.8 Å². The number of carbonyl (C=O) groups excluding carboxylic acids is 7. The van der Waals surface area contributed by atoms with E-state index in [1.807, 2.05) is 13.8 Å². The number of aliphatic carboxylic acids is 1. The predicted molar refractivity (Wildman–Crippen MR) is 237 cm³/mol. The van der Waals surface area contributed by atoms with Gasteiger partial charge in [0.1, 0.15) is 36.3 Å². The molecular weight excluding hydrogens is 815 g/mol. The van der Waals surface area contributed by atoms with Crippen LogP contribution in [0.2, 0.25) is 0 Å². The highest BCUT2D eigenvalue weighted by molar-refractivity contribution is 5.97. The molecule has 7 amide bonds. The lowest BCUT2D eigenvalue weighted by molar-refractivity contribution is -0.142. The Morgan fingerprint density at radius 1 is 0.667 bits per heavy atom. The quantitative estimate of drug-likeness (QED) is 0.0281. The van der Waals surface area contributed by atoms with Gasteiger partial charge in [-0.25, -0.2) is 4.79 Å². The summed E-state index contributed by atoms with van der Waals surface area (Å²) >= 11 is 0. The number of carbonyl (C=O) groups is 8. The lowest BCUT2D eigenvalue weighted by atomic mass is 9.84. The van der Waals surface area contributed by atoms with Gasteiger partial charge in [-0.05, 0) is 75.3 Å². The number of nitrogens with two attached hydrogens (primary N) is 4. The van der Waals surface area contributed by atoms with Gasteiger partial charge < -0.3 is 59.9 Å². The minimum atomic E-state index is -1.35. The molecule has 0 spiro atoms. The number of unbranched alkanes of at least 4 members (excludes halogenated alkanes) is 1. The van der Waals surface area contributed by atoms with E-state index in [9.17, 15) is 43.5 Å². The van der Waals surface area contributed by atoms with Crippen LogP contribution in [-0.4, -0.2) is 108 Å². The molecule has 1 fully saturated rings. The summed E-state index contributed by atoms with van der Waals surface area (Å²) in [5.41, 5.74) is 22.7. The number of carboxylic acid groups (broad SMARTS) is 1. The van der Waals surface area contributed by atoms with E-state index < -0.39 is 83.6 Å². The van der Waals surface area contributed by atoms with E-state index in [-0.39, 0.29) is 69.3 Å². The Balaban J connectivity index is 2.39. The number of rotatable bonds is 29. The normalized spacial score (nSPS) is 15.6. The lowest BCUT2D eigenvalue weighted by Crippen LogP contribution is -2.60. The summed E-state index contributed by atoms with van der Waals surface area (Å²) in [5.74, 6) is -6.26. The maximum Gasteiger partial charge on any atom is 0.326 e. The average Bonchev–Trinajstić information content (AvgIpc) is 3.22. The highest BCUT2D eigenvalue weighted by atomic mass is 16.4. The van der Waals surface area contributed by atoms with Gasteiger partial charge in [0.25, 0.3) is 0 Å². The molecule has 1 saturated carbocycles. The molecule has 0 saturated heterocycles.